The van der Waals surface area contributed by atoms with Crippen molar-refractivity contribution in [2.24, 2.45) is 0 Å². The van der Waals surface area contributed by atoms with Crippen LogP contribution in [0.1, 0.15) is 18.9 Å². The second kappa shape index (κ2) is 5.30. The molecule has 0 unspecified atom stereocenters. The Kier molecular flexibility index (Phi) is 4.32. The summed E-state index contributed by atoms with van der Waals surface area (Å²) < 4.78 is 35.7. The molecule has 0 amide bonds. The van der Waals surface area contributed by atoms with Gasteiger partial charge in [0.05, 0.1) is 18.2 Å². The molecule has 0 radical (unpaired) electrons. The molecular formula is C10H11BrF2O2. The third kappa shape index (κ3) is 2.81. The zero-order valence-electron chi connectivity index (χ0n) is 8.39. The van der Waals surface area contributed by atoms with Crippen LogP contribution in [0.2, 0.25) is 0 Å². The normalized spacial score (nSPS) is 10.5. The van der Waals surface area contributed by atoms with Crippen molar-refractivity contribution in [1.29, 1.82) is 0 Å². The molecule has 0 bridgehead atoms. The molecular weight excluding hydrogens is 270 g/mol. The molecule has 0 atom stereocenters. The molecule has 0 aliphatic heterocycles. The molecule has 0 saturated heterocycles. The number of ether oxygens (including phenoxy) is 2. The van der Waals surface area contributed by atoms with Gasteiger partial charge in [-0.2, -0.15) is 0 Å². The van der Waals surface area contributed by atoms with Gasteiger partial charge in [-0.25, -0.2) is 8.78 Å². The van der Waals surface area contributed by atoms with E-state index in [2.05, 4.69) is 15.9 Å². The Morgan fingerprint density at radius 2 is 2.07 bits per heavy atom. The topological polar surface area (TPSA) is 18.5 Å². The van der Waals surface area contributed by atoms with Gasteiger partial charge in [-0.1, -0.05) is 0 Å². The quantitative estimate of drug-likeness (QED) is 0.835. The van der Waals surface area contributed by atoms with Crippen LogP contribution in [0.4, 0.5) is 8.78 Å². The van der Waals surface area contributed by atoms with Crippen LogP contribution in [0, 0.1) is 0 Å². The third-order valence-electron chi connectivity index (χ3n) is 1.79. The maximum atomic E-state index is 12.5. The van der Waals surface area contributed by atoms with E-state index in [4.69, 9.17) is 9.47 Å². The van der Waals surface area contributed by atoms with Gasteiger partial charge >= 0.3 is 0 Å². The lowest BCUT2D eigenvalue weighted by atomic mass is 10.2. The second-order valence-electron chi connectivity index (χ2n) is 2.77. The summed E-state index contributed by atoms with van der Waals surface area (Å²) in [7, 11) is 1.42. The van der Waals surface area contributed by atoms with Crippen molar-refractivity contribution in [1.82, 2.24) is 0 Å². The molecule has 0 aromatic heterocycles. The molecule has 1 rings (SSSR count). The summed E-state index contributed by atoms with van der Waals surface area (Å²) in [5.74, 6) is 0.755. The highest BCUT2D eigenvalue weighted by Crippen LogP contribution is 2.38. The Bertz CT molecular complexity index is 342. The van der Waals surface area contributed by atoms with Crippen LogP contribution in [0.3, 0.4) is 0 Å². The average molecular weight is 281 g/mol. The summed E-state index contributed by atoms with van der Waals surface area (Å²) in [6.07, 6.45) is -2.52. The Morgan fingerprint density at radius 1 is 1.40 bits per heavy atom. The molecule has 2 nitrogen and oxygen atoms in total. The smallest absolute Gasteiger partial charge is 0.264 e. The summed E-state index contributed by atoms with van der Waals surface area (Å²) in [4.78, 5) is 0. The van der Waals surface area contributed by atoms with E-state index < -0.39 is 6.43 Å². The molecule has 15 heavy (non-hydrogen) atoms. The van der Waals surface area contributed by atoms with Crippen molar-refractivity contribution >= 4 is 15.9 Å². The van der Waals surface area contributed by atoms with E-state index in [-0.39, 0.29) is 5.56 Å². The van der Waals surface area contributed by atoms with Crippen molar-refractivity contribution in [2.75, 3.05) is 13.7 Å². The largest absolute Gasteiger partial charge is 0.493 e. The lowest BCUT2D eigenvalue weighted by Gasteiger charge is -2.12. The zero-order valence-corrected chi connectivity index (χ0v) is 9.98. The van der Waals surface area contributed by atoms with Crippen LogP contribution in [0.25, 0.3) is 0 Å². The van der Waals surface area contributed by atoms with Crippen molar-refractivity contribution in [3.63, 3.8) is 0 Å². The summed E-state index contributed by atoms with van der Waals surface area (Å²) in [6, 6.07) is 2.61. The first-order valence-electron chi connectivity index (χ1n) is 4.38. The summed E-state index contributed by atoms with van der Waals surface area (Å²) >= 11 is 3.17. The average Bonchev–Trinajstić information content (AvgIpc) is 2.20. The van der Waals surface area contributed by atoms with Crippen molar-refractivity contribution in [2.45, 2.75) is 13.3 Å². The fraction of sp³-hybridized carbons (Fsp3) is 0.400. The van der Waals surface area contributed by atoms with Gasteiger partial charge in [0.2, 0.25) is 0 Å². The molecule has 84 valence electrons. The molecule has 1 aromatic rings. The van der Waals surface area contributed by atoms with Crippen molar-refractivity contribution in [3.05, 3.63) is 22.2 Å². The van der Waals surface area contributed by atoms with E-state index in [0.717, 1.165) is 0 Å². The van der Waals surface area contributed by atoms with Crippen LogP contribution in [-0.4, -0.2) is 13.7 Å². The molecule has 0 N–H and O–H groups in total. The zero-order chi connectivity index (χ0) is 11.4. The highest BCUT2D eigenvalue weighted by molar-refractivity contribution is 9.10. The number of alkyl halides is 2. The number of rotatable bonds is 4. The van der Waals surface area contributed by atoms with E-state index in [0.29, 0.717) is 22.6 Å². The maximum absolute atomic E-state index is 12.5. The number of hydrogen-bond donors (Lipinski definition) is 0. The van der Waals surface area contributed by atoms with Gasteiger partial charge in [0.1, 0.15) is 0 Å². The molecule has 0 spiro atoms. The second-order valence-corrected chi connectivity index (χ2v) is 3.62. The summed E-state index contributed by atoms with van der Waals surface area (Å²) in [6.45, 7) is 2.26. The van der Waals surface area contributed by atoms with Crippen LogP contribution in [0.15, 0.2) is 16.6 Å². The lowest BCUT2D eigenvalue weighted by molar-refractivity contribution is 0.150. The highest BCUT2D eigenvalue weighted by atomic mass is 79.9. The van der Waals surface area contributed by atoms with E-state index in [1.54, 1.807) is 0 Å². The van der Waals surface area contributed by atoms with Crippen molar-refractivity contribution < 1.29 is 18.3 Å². The Hall–Kier alpha value is -0.840. The predicted molar refractivity (Wildman–Crippen MR) is 56.8 cm³/mol. The van der Waals surface area contributed by atoms with Crippen LogP contribution < -0.4 is 9.47 Å². The first-order chi connectivity index (χ1) is 7.10. The minimum absolute atomic E-state index is 0.0952. The Balaban J connectivity index is 3.18. The summed E-state index contributed by atoms with van der Waals surface area (Å²) in [5.41, 5.74) is -0.0952. The predicted octanol–water partition coefficient (Wildman–Crippen LogP) is 3.79. The van der Waals surface area contributed by atoms with Gasteiger partial charge in [0.15, 0.2) is 11.5 Å². The van der Waals surface area contributed by atoms with Gasteiger partial charge in [-0.15, -0.1) is 0 Å². The molecule has 0 aliphatic rings. The van der Waals surface area contributed by atoms with Gasteiger partial charge in [-0.3, -0.25) is 0 Å². The molecule has 0 fully saturated rings. The van der Waals surface area contributed by atoms with Gasteiger partial charge in [0, 0.05) is 5.56 Å². The summed E-state index contributed by atoms with van der Waals surface area (Å²) in [5, 5.41) is 0. The van der Waals surface area contributed by atoms with Crippen molar-refractivity contribution in [3.8, 4) is 11.5 Å². The standard InChI is InChI=1S/C10H11BrF2O2/c1-3-15-9-7(11)4-6(10(12)13)5-8(9)14-2/h4-5,10H,3H2,1-2H3. The number of hydrogen-bond acceptors (Lipinski definition) is 2. The van der Waals surface area contributed by atoms with E-state index in [9.17, 15) is 8.78 Å². The van der Waals surface area contributed by atoms with Crippen LogP contribution in [-0.2, 0) is 0 Å². The monoisotopic (exact) mass is 280 g/mol. The van der Waals surface area contributed by atoms with Crippen LogP contribution in [0.5, 0.6) is 11.5 Å². The number of halogens is 3. The van der Waals surface area contributed by atoms with Crippen LogP contribution >= 0.6 is 15.9 Å². The van der Waals surface area contributed by atoms with Gasteiger partial charge in [0.25, 0.3) is 6.43 Å². The minimum atomic E-state index is -2.52. The van der Waals surface area contributed by atoms with Gasteiger partial charge < -0.3 is 9.47 Å². The lowest BCUT2D eigenvalue weighted by Crippen LogP contribution is -1.98. The fourth-order valence-electron chi connectivity index (χ4n) is 1.15. The first-order valence-corrected chi connectivity index (χ1v) is 5.17. The molecule has 5 heteroatoms. The number of methoxy groups -OCH3 is 1. The van der Waals surface area contributed by atoms with Gasteiger partial charge in [-0.05, 0) is 35.0 Å². The first kappa shape index (κ1) is 12.2. The highest BCUT2D eigenvalue weighted by Gasteiger charge is 2.15. The SMILES string of the molecule is CCOc1c(Br)cc(C(F)F)cc1OC. The molecule has 1 aromatic carbocycles. The van der Waals surface area contributed by atoms with E-state index in [1.807, 2.05) is 6.92 Å². The maximum Gasteiger partial charge on any atom is 0.264 e. The van der Waals surface area contributed by atoms with E-state index in [1.165, 1.54) is 19.2 Å². The fourth-order valence-corrected chi connectivity index (χ4v) is 1.72. The number of benzene rings is 1. The third-order valence-corrected chi connectivity index (χ3v) is 2.38. The molecule has 0 aliphatic carbocycles. The van der Waals surface area contributed by atoms with E-state index >= 15 is 0 Å². The Labute approximate surface area is 95.3 Å². The molecule has 0 saturated carbocycles. The Morgan fingerprint density at radius 3 is 2.53 bits per heavy atom. The molecule has 0 heterocycles. The minimum Gasteiger partial charge on any atom is -0.493 e.